The second-order valence-corrected chi connectivity index (χ2v) is 20.6. The van der Waals surface area contributed by atoms with Crippen LogP contribution in [0.1, 0.15) is 4.88 Å². The summed E-state index contributed by atoms with van der Waals surface area (Å²) in [5.74, 6) is 0. The predicted molar refractivity (Wildman–Crippen MR) is 195 cm³/mol. The van der Waals surface area contributed by atoms with E-state index in [4.69, 9.17) is 13.3 Å². The van der Waals surface area contributed by atoms with Crippen molar-refractivity contribution < 1.29 is 13.3 Å². The number of aryl methyl sites for hydroxylation is 1. The van der Waals surface area contributed by atoms with Gasteiger partial charge in [0.15, 0.2) is 0 Å². The summed E-state index contributed by atoms with van der Waals surface area (Å²) in [6.45, 7) is 2.17. The maximum absolute atomic E-state index is 5.67. The molecule has 0 radical (unpaired) electrons. The first-order chi connectivity index (χ1) is 21.0. The number of hydrogen-bond donors (Lipinski definition) is 0. The molecule has 0 N–H and O–H groups in total. The van der Waals surface area contributed by atoms with Crippen LogP contribution in [-0.4, -0.2) is 30.1 Å². The minimum absolute atomic E-state index is 1.02. The van der Waals surface area contributed by atoms with Crippen molar-refractivity contribution in [3.05, 3.63) is 89.8 Å². The smallest absolute Gasteiger partial charge is 0.373 e. The SMILES string of the molecule is CO[Si](OC)(OC)c1ccc(-c2ccc(-c3ccc(-c4ccc(-c5ccc(-c6ccc(-c7ccc(C)s7)s6)s5)s4)s3)s2)s1. The molecule has 0 aliphatic carbocycles. The van der Waals surface area contributed by atoms with Crippen molar-refractivity contribution in [3.8, 4) is 58.5 Å². The van der Waals surface area contributed by atoms with Crippen LogP contribution in [0.3, 0.4) is 0 Å². The van der Waals surface area contributed by atoms with Crippen molar-refractivity contribution in [1.82, 2.24) is 0 Å². The Balaban J connectivity index is 1.07. The largest absolute Gasteiger partial charge is 0.546 e. The fraction of sp³-hybridized carbons (Fsp3) is 0.125. The van der Waals surface area contributed by atoms with Crippen molar-refractivity contribution in [1.29, 1.82) is 0 Å². The second kappa shape index (κ2) is 12.4. The molecular weight excluding hydrogens is 685 g/mol. The van der Waals surface area contributed by atoms with E-state index in [-0.39, 0.29) is 0 Å². The van der Waals surface area contributed by atoms with Gasteiger partial charge in [0.05, 0.1) is 4.50 Å². The molecule has 0 bridgehead atoms. The van der Waals surface area contributed by atoms with Crippen LogP contribution in [0, 0.1) is 6.92 Å². The molecule has 0 amide bonds. The highest BCUT2D eigenvalue weighted by Gasteiger charge is 2.42. The molecule has 0 fully saturated rings. The molecule has 7 aromatic rings. The minimum Gasteiger partial charge on any atom is -0.373 e. The fourth-order valence-electron chi connectivity index (χ4n) is 4.77. The fourth-order valence-corrected chi connectivity index (χ4v) is 14.9. The van der Waals surface area contributed by atoms with E-state index >= 15 is 0 Å². The Morgan fingerprint density at radius 1 is 0.349 bits per heavy atom. The van der Waals surface area contributed by atoms with Crippen molar-refractivity contribution in [2.24, 2.45) is 0 Å². The quantitative estimate of drug-likeness (QED) is 0.132. The van der Waals surface area contributed by atoms with Crippen LogP contribution in [0.4, 0.5) is 0 Å². The molecule has 0 spiro atoms. The molecule has 0 atom stereocenters. The van der Waals surface area contributed by atoms with E-state index in [2.05, 4.69) is 91.9 Å². The molecule has 218 valence electrons. The van der Waals surface area contributed by atoms with E-state index in [1.807, 2.05) is 68.0 Å². The molecule has 0 saturated carbocycles. The molecular formula is C32H26O3S7Si. The molecule has 7 aromatic heterocycles. The Morgan fingerprint density at radius 2 is 0.605 bits per heavy atom. The molecule has 7 rings (SSSR count). The van der Waals surface area contributed by atoms with Gasteiger partial charge in [-0.3, -0.25) is 0 Å². The van der Waals surface area contributed by atoms with E-state index in [1.54, 1.807) is 32.7 Å². The highest BCUT2D eigenvalue weighted by Crippen LogP contribution is 2.46. The summed E-state index contributed by atoms with van der Waals surface area (Å²) in [5, 5.41) is 0. The van der Waals surface area contributed by atoms with Crippen molar-refractivity contribution in [2.45, 2.75) is 6.92 Å². The number of hydrogen-bond acceptors (Lipinski definition) is 10. The first kappa shape index (κ1) is 29.7. The lowest BCUT2D eigenvalue weighted by Crippen LogP contribution is -2.53. The Labute approximate surface area is 280 Å². The average molecular weight is 711 g/mol. The Bertz CT molecular complexity index is 1980. The first-order valence-electron chi connectivity index (χ1n) is 13.3. The van der Waals surface area contributed by atoms with Gasteiger partial charge in [-0.15, -0.1) is 79.4 Å². The predicted octanol–water partition coefficient (Wildman–Crippen LogP) is 11.5. The monoisotopic (exact) mass is 710 g/mol. The molecule has 3 nitrogen and oxygen atoms in total. The highest BCUT2D eigenvalue weighted by atomic mass is 32.1. The van der Waals surface area contributed by atoms with Gasteiger partial charge in [0.25, 0.3) is 0 Å². The van der Waals surface area contributed by atoms with Crippen molar-refractivity contribution in [3.63, 3.8) is 0 Å². The average Bonchev–Trinajstić information content (AvgIpc) is 3.87. The molecule has 0 unspecified atom stereocenters. The van der Waals surface area contributed by atoms with E-state index in [0.29, 0.717) is 0 Å². The van der Waals surface area contributed by atoms with Crippen LogP contribution in [0.25, 0.3) is 58.5 Å². The maximum atomic E-state index is 5.67. The van der Waals surface area contributed by atoms with E-state index in [1.165, 1.54) is 63.4 Å². The van der Waals surface area contributed by atoms with Gasteiger partial charge in [-0.2, -0.15) is 0 Å². The molecule has 0 saturated heterocycles. The van der Waals surface area contributed by atoms with E-state index < -0.39 is 8.80 Å². The van der Waals surface area contributed by atoms with Crippen LogP contribution in [-0.2, 0) is 13.3 Å². The van der Waals surface area contributed by atoms with Gasteiger partial charge in [0.1, 0.15) is 0 Å². The van der Waals surface area contributed by atoms with Crippen LogP contribution in [0.2, 0.25) is 0 Å². The minimum atomic E-state index is -2.82. The summed E-state index contributed by atoms with van der Waals surface area (Å²) in [4.78, 5) is 17.0. The first-order valence-corrected chi connectivity index (χ1v) is 20.8. The third-order valence-electron chi connectivity index (χ3n) is 6.94. The summed E-state index contributed by atoms with van der Waals surface area (Å²) < 4.78 is 18.0. The molecule has 7 heterocycles. The second-order valence-electron chi connectivity index (χ2n) is 9.56. The van der Waals surface area contributed by atoms with Crippen molar-refractivity contribution >= 4 is 92.7 Å². The summed E-state index contributed by atoms with van der Waals surface area (Å²) in [6.07, 6.45) is 0. The standard InChI is InChI=1S/C32H26O3S7Si/c1-19-5-6-20(36-19)21-7-8-22(37-21)23-9-10-24(38-23)25-11-12-26(39-25)27-13-14-28(40-27)29-15-16-30(41-29)31-17-18-32(42-31)43(33-2,34-3)35-4/h5-18H,1-4H3. The number of rotatable bonds is 10. The summed E-state index contributed by atoms with van der Waals surface area (Å²) in [5.41, 5.74) is 0. The zero-order chi connectivity index (χ0) is 29.6. The highest BCUT2D eigenvalue weighted by molar-refractivity contribution is 7.32. The third kappa shape index (κ3) is 5.77. The van der Waals surface area contributed by atoms with E-state index in [9.17, 15) is 0 Å². The third-order valence-corrected chi connectivity index (χ3v) is 18.9. The lowest BCUT2D eigenvalue weighted by Gasteiger charge is -2.22. The molecule has 0 aliphatic rings. The molecule has 0 aliphatic heterocycles. The summed E-state index contributed by atoms with van der Waals surface area (Å²) in [6, 6.07) is 31.2. The Kier molecular flexibility index (Phi) is 8.57. The molecule has 11 heteroatoms. The lowest BCUT2D eigenvalue weighted by atomic mass is 10.3. The van der Waals surface area contributed by atoms with Gasteiger partial charge in [0.2, 0.25) is 0 Å². The lowest BCUT2D eigenvalue weighted by molar-refractivity contribution is 0.141. The van der Waals surface area contributed by atoms with Gasteiger partial charge in [0, 0.05) is 84.7 Å². The van der Waals surface area contributed by atoms with Gasteiger partial charge in [-0.25, -0.2) is 0 Å². The van der Waals surface area contributed by atoms with Gasteiger partial charge < -0.3 is 13.3 Å². The van der Waals surface area contributed by atoms with Crippen LogP contribution >= 0.6 is 79.4 Å². The maximum Gasteiger partial charge on any atom is 0.546 e. The van der Waals surface area contributed by atoms with Gasteiger partial charge >= 0.3 is 8.80 Å². The Hall–Kier alpha value is -2.00. The Morgan fingerprint density at radius 3 is 0.884 bits per heavy atom. The zero-order valence-corrected chi connectivity index (χ0v) is 30.4. The zero-order valence-electron chi connectivity index (χ0n) is 23.7. The topological polar surface area (TPSA) is 27.7 Å². The van der Waals surface area contributed by atoms with E-state index in [0.717, 1.165) is 4.50 Å². The molecule has 43 heavy (non-hydrogen) atoms. The van der Waals surface area contributed by atoms with Gasteiger partial charge in [-0.1, -0.05) is 0 Å². The summed E-state index contributed by atoms with van der Waals surface area (Å²) in [7, 11) is 2.13. The normalized spacial score (nSPS) is 12.0. The summed E-state index contributed by atoms with van der Waals surface area (Å²) >= 11 is 12.9. The van der Waals surface area contributed by atoms with Crippen LogP contribution < -0.4 is 4.50 Å². The van der Waals surface area contributed by atoms with Crippen molar-refractivity contribution in [2.75, 3.05) is 21.3 Å². The van der Waals surface area contributed by atoms with Crippen LogP contribution in [0.5, 0.6) is 0 Å². The van der Waals surface area contributed by atoms with Gasteiger partial charge in [-0.05, 0) is 91.9 Å². The number of thiophene rings is 7. The molecule has 0 aromatic carbocycles. The van der Waals surface area contributed by atoms with Crippen LogP contribution in [0.15, 0.2) is 84.9 Å².